The van der Waals surface area contributed by atoms with E-state index in [9.17, 15) is 4.79 Å². The molecule has 2 nitrogen and oxygen atoms in total. The first kappa shape index (κ1) is 15.3. The van der Waals surface area contributed by atoms with Crippen LogP contribution in [0.4, 0.5) is 5.69 Å². The fourth-order valence-electron chi connectivity index (χ4n) is 1.51. The summed E-state index contributed by atoms with van der Waals surface area (Å²) in [6, 6.07) is 14.5. The summed E-state index contributed by atoms with van der Waals surface area (Å²) < 4.78 is 0. The number of hydrogen-bond acceptors (Lipinski definition) is 1. The van der Waals surface area contributed by atoms with E-state index in [0.717, 1.165) is 11.3 Å². The molecule has 2 rings (SSSR count). The van der Waals surface area contributed by atoms with Gasteiger partial charge in [-0.2, -0.15) is 0 Å². The van der Waals surface area contributed by atoms with E-state index in [4.69, 9.17) is 11.6 Å². The van der Waals surface area contributed by atoms with Gasteiger partial charge in [-0.15, -0.1) is 0 Å². The highest BCUT2D eigenvalue weighted by atomic mass is 35.5. The number of carbonyl (C=O) groups is 1. The zero-order valence-corrected chi connectivity index (χ0v) is 12.2. The minimum absolute atomic E-state index is 0.129. The number of para-hydroxylation sites is 1. The normalized spacial score (nSPS) is 9.26. The van der Waals surface area contributed by atoms with Gasteiger partial charge < -0.3 is 5.32 Å². The Hall–Kier alpha value is -1.80. The van der Waals surface area contributed by atoms with Crippen molar-refractivity contribution in [3.63, 3.8) is 0 Å². The van der Waals surface area contributed by atoms with Gasteiger partial charge in [0, 0.05) is 16.3 Å². The average Bonchev–Trinajstić information content (AvgIpc) is 2.44. The maximum atomic E-state index is 11.9. The van der Waals surface area contributed by atoms with Gasteiger partial charge in [0.05, 0.1) is 0 Å². The first-order chi connectivity index (χ1) is 9.16. The van der Waals surface area contributed by atoms with E-state index in [-0.39, 0.29) is 5.91 Å². The van der Waals surface area contributed by atoms with Gasteiger partial charge in [0.2, 0.25) is 0 Å². The number of nitrogens with one attached hydrogen (secondary N) is 1. The van der Waals surface area contributed by atoms with Gasteiger partial charge in [-0.25, -0.2) is 0 Å². The smallest absolute Gasteiger partial charge is 0.255 e. The predicted octanol–water partition coefficient (Wildman–Crippen LogP) is 4.93. The minimum atomic E-state index is -0.129. The number of halogens is 1. The van der Waals surface area contributed by atoms with Crippen molar-refractivity contribution in [3.05, 3.63) is 64.7 Å². The molecule has 0 atom stereocenters. The molecule has 2 aromatic rings. The van der Waals surface area contributed by atoms with E-state index < -0.39 is 0 Å². The topological polar surface area (TPSA) is 29.1 Å². The first-order valence-electron chi connectivity index (χ1n) is 6.29. The van der Waals surface area contributed by atoms with Crippen molar-refractivity contribution >= 4 is 23.2 Å². The Balaban J connectivity index is 0.000000861. The van der Waals surface area contributed by atoms with Gasteiger partial charge in [0.1, 0.15) is 0 Å². The zero-order chi connectivity index (χ0) is 14.3. The summed E-state index contributed by atoms with van der Waals surface area (Å²) >= 11 is 5.77. The van der Waals surface area contributed by atoms with Gasteiger partial charge >= 0.3 is 0 Å². The van der Waals surface area contributed by atoms with Crippen LogP contribution in [-0.4, -0.2) is 5.91 Å². The Morgan fingerprint density at radius 1 is 1.00 bits per heavy atom. The standard InChI is InChI=1S/C14H12ClNO.C2H6/c1-10-4-2-3-5-13(10)16-14(17)11-6-8-12(15)9-7-11;1-2/h2-9H,1H3,(H,16,17);1-2H3. The van der Waals surface area contributed by atoms with E-state index in [1.165, 1.54) is 0 Å². The number of aryl methyl sites for hydroxylation is 1. The van der Waals surface area contributed by atoms with Crippen LogP contribution in [0.1, 0.15) is 29.8 Å². The molecule has 2 aromatic carbocycles. The molecule has 19 heavy (non-hydrogen) atoms. The molecule has 0 aliphatic rings. The summed E-state index contributed by atoms with van der Waals surface area (Å²) in [6.07, 6.45) is 0. The molecule has 0 fully saturated rings. The summed E-state index contributed by atoms with van der Waals surface area (Å²) in [5.41, 5.74) is 2.46. The van der Waals surface area contributed by atoms with Crippen LogP contribution in [0.2, 0.25) is 5.02 Å². The number of rotatable bonds is 2. The second-order valence-corrected chi connectivity index (χ2v) is 4.21. The van der Waals surface area contributed by atoms with E-state index in [1.807, 2.05) is 45.0 Å². The van der Waals surface area contributed by atoms with Crippen LogP contribution in [0.15, 0.2) is 48.5 Å². The molecule has 0 aliphatic carbocycles. The molecule has 1 N–H and O–H groups in total. The zero-order valence-electron chi connectivity index (χ0n) is 11.4. The second-order valence-electron chi connectivity index (χ2n) is 3.78. The molecule has 0 radical (unpaired) electrons. The van der Waals surface area contributed by atoms with Gasteiger partial charge in [0.25, 0.3) is 5.91 Å². The largest absolute Gasteiger partial charge is 0.322 e. The summed E-state index contributed by atoms with van der Waals surface area (Å²) in [7, 11) is 0. The maximum absolute atomic E-state index is 11.9. The Morgan fingerprint density at radius 3 is 2.16 bits per heavy atom. The van der Waals surface area contributed by atoms with Gasteiger partial charge in [-0.1, -0.05) is 43.6 Å². The first-order valence-corrected chi connectivity index (χ1v) is 6.67. The lowest BCUT2D eigenvalue weighted by Crippen LogP contribution is -2.12. The van der Waals surface area contributed by atoms with Crippen LogP contribution in [0, 0.1) is 6.92 Å². The molecule has 0 heterocycles. The third kappa shape index (κ3) is 4.42. The highest BCUT2D eigenvalue weighted by molar-refractivity contribution is 6.30. The monoisotopic (exact) mass is 275 g/mol. The Bertz CT molecular complexity index is 535. The molecule has 0 saturated carbocycles. The van der Waals surface area contributed by atoms with E-state index in [1.54, 1.807) is 24.3 Å². The quantitative estimate of drug-likeness (QED) is 0.827. The molecule has 3 heteroatoms. The van der Waals surface area contributed by atoms with Crippen LogP contribution in [0.25, 0.3) is 0 Å². The second kappa shape index (κ2) is 7.59. The van der Waals surface area contributed by atoms with Crippen molar-refractivity contribution in [2.45, 2.75) is 20.8 Å². The summed E-state index contributed by atoms with van der Waals surface area (Å²) in [5, 5.41) is 3.49. The molecule has 0 spiro atoms. The fourth-order valence-corrected chi connectivity index (χ4v) is 1.63. The number of anilines is 1. The number of amides is 1. The number of benzene rings is 2. The summed E-state index contributed by atoms with van der Waals surface area (Å²) in [5.74, 6) is -0.129. The van der Waals surface area contributed by atoms with E-state index in [0.29, 0.717) is 10.6 Å². The number of carbonyl (C=O) groups excluding carboxylic acids is 1. The third-order valence-corrected chi connectivity index (χ3v) is 2.75. The van der Waals surface area contributed by atoms with Crippen molar-refractivity contribution in [2.75, 3.05) is 5.32 Å². The molecule has 0 bridgehead atoms. The SMILES string of the molecule is CC.Cc1ccccc1NC(=O)c1ccc(Cl)cc1. The molecule has 1 amide bonds. The Kier molecular flexibility index (Phi) is 6.10. The number of hydrogen-bond donors (Lipinski definition) is 1. The molecular weight excluding hydrogens is 258 g/mol. The lowest BCUT2D eigenvalue weighted by Gasteiger charge is -2.07. The average molecular weight is 276 g/mol. The van der Waals surface area contributed by atoms with Crippen LogP contribution in [0.3, 0.4) is 0 Å². The molecular formula is C16H18ClNO. The molecule has 0 saturated heterocycles. The maximum Gasteiger partial charge on any atom is 0.255 e. The van der Waals surface area contributed by atoms with Crippen LogP contribution >= 0.6 is 11.6 Å². The summed E-state index contributed by atoms with van der Waals surface area (Å²) in [4.78, 5) is 11.9. The van der Waals surface area contributed by atoms with Gasteiger partial charge in [0.15, 0.2) is 0 Å². The molecule has 100 valence electrons. The van der Waals surface area contributed by atoms with Crippen molar-refractivity contribution in [1.82, 2.24) is 0 Å². The predicted molar refractivity (Wildman–Crippen MR) is 81.9 cm³/mol. The van der Waals surface area contributed by atoms with E-state index >= 15 is 0 Å². The summed E-state index contributed by atoms with van der Waals surface area (Å²) in [6.45, 7) is 5.96. The minimum Gasteiger partial charge on any atom is -0.322 e. The van der Waals surface area contributed by atoms with Gasteiger partial charge in [-0.3, -0.25) is 4.79 Å². The Morgan fingerprint density at radius 2 is 1.58 bits per heavy atom. The van der Waals surface area contributed by atoms with Crippen molar-refractivity contribution < 1.29 is 4.79 Å². The lowest BCUT2D eigenvalue weighted by molar-refractivity contribution is 0.102. The Labute approximate surface area is 119 Å². The van der Waals surface area contributed by atoms with Crippen molar-refractivity contribution in [3.8, 4) is 0 Å². The van der Waals surface area contributed by atoms with Crippen LogP contribution in [0.5, 0.6) is 0 Å². The fraction of sp³-hybridized carbons (Fsp3) is 0.188. The van der Waals surface area contributed by atoms with Crippen LogP contribution < -0.4 is 5.32 Å². The molecule has 0 aliphatic heterocycles. The third-order valence-electron chi connectivity index (χ3n) is 2.50. The van der Waals surface area contributed by atoms with Gasteiger partial charge in [-0.05, 0) is 42.8 Å². The highest BCUT2D eigenvalue weighted by Crippen LogP contribution is 2.15. The van der Waals surface area contributed by atoms with Crippen LogP contribution in [-0.2, 0) is 0 Å². The highest BCUT2D eigenvalue weighted by Gasteiger charge is 2.06. The lowest BCUT2D eigenvalue weighted by atomic mass is 10.1. The van der Waals surface area contributed by atoms with Crippen molar-refractivity contribution in [2.24, 2.45) is 0 Å². The van der Waals surface area contributed by atoms with E-state index in [2.05, 4.69) is 5.32 Å². The molecule has 0 unspecified atom stereocenters. The molecule has 0 aromatic heterocycles. The van der Waals surface area contributed by atoms with Crippen molar-refractivity contribution in [1.29, 1.82) is 0 Å².